The van der Waals surface area contributed by atoms with Crippen LogP contribution in [0.25, 0.3) is 0 Å². The van der Waals surface area contributed by atoms with Gasteiger partial charge in [-0.15, -0.1) is 0 Å². The highest BCUT2D eigenvalue weighted by molar-refractivity contribution is 5.79. The molecule has 2 heterocycles. The number of piperidine rings is 1. The number of rotatable bonds is 8. The van der Waals surface area contributed by atoms with Gasteiger partial charge < -0.3 is 20.9 Å². The molecule has 0 bridgehead atoms. The second kappa shape index (κ2) is 11.5. The largest absolute Gasteiger partial charge is 0.356 e. The Balaban J connectivity index is 1.36. The highest BCUT2D eigenvalue weighted by Crippen LogP contribution is 2.23. The molecule has 182 valence electrons. The summed E-state index contributed by atoms with van der Waals surface area (Å²) in [7, 11) is 0. The molecule has 35 heavy (non-hydrogen) atoms. The molecular formula is C27H32N6O2. The molecule has 8 heteroatoms. The number of benzene rings is 2. The van der Waals surface area contributed by atoms with Gasteiger partial charge in [0.15, 0.2) is 0 Å². The van der Waals surface area contributed by atoms with Gasteiger partial charge in [-0.3, -0.25) is 9.59 Å². The SMILES string of the molecule is CC(=O)NCc1cccc(Nc2nccc(N3CCC[C@H](C(=O)NCc4ccc(C)cc4)C3)n2)c1. The summed E-state index contributed by atoms with van der Waals surface area (Å²) < 4.78 is 0. The van der Waals surface area contributed by atoms with Gasteiger partial charge >= 0.3 is 0 Å². The van der Waals surface area contributed by atoms with Crippen LogP contribution >= 0.6 is 0 Å². The number of hydrogen-bond donors (Lipinski definition) is 3. The van der Waals surface area contributed by atoms with Crippen molar-refractivity contribution in [3.63, 3.8) is 0 Å². The molecule has 0 aliphatic carbocycles. The van der Waals surface area contributed by atoms with Crippen LogP contribution < -0.4 is 20.9 Å². The molecule has 3 N–H and O–H groups in total. The Morgan fingerprint density at radius 1 is 1.03 bits per heavy atom. The second-order valence-electron chi connectivity index (χ2n) is 8.96. The predicted octanol–water partition coefficient (Wildman–Crippen LogP) is 3.70. The van der Waals surface area contributed by atoms with Crippen molar-refractivity contribution in [1.29, 1.82) is 0 Å². The fourth-order valence-electron chi connectivity index (χ4n) is 4.14. The Labute approximate surface area is 206 Å². The maximum Gasteiger partial charge on any atom is 0.229 e. The first kappa shape index (κ1) is 24.2. The van der Waals surface area contributed by atoms with Crippen LogP contribution in [0.2, 0.25) is 0 Å². The van der Waals surface area contributed by atoms with Crippen LogP contribution in [0.5, 0.6) is 0 Å². The number of nitrogens with one attached hydrogen (secondary N) is 3. The zero-order chi connectivity index (χ0) is 24.6. The lowest BCUT2D eigenvalue weighted by Crippen LogP contribution is -2.43. The molecule has 4 rings (SSSR count). The quantitative estimate of drug-likeness (QED) is 0.462. The molecule has 1 aliphatic heterocycles. The Morgan fingerprint density at radius 2 is 1.83 bits per heavy atom. The Morgan fingerprint density at radius 3 is 2.63 bits per heavy atom. The summed E-state index contributed by atoms with van der Waals surface area (Å²) in [6.07, 6.45) is 3.53. The summed E-state index contributed by atoms with van der Waals surface area (Å²) in [5.74, 6) is 1.23. The molecule has 2 amide bonds. The minimum atomic E-state index is -0.0777. The molecule has 1 saturated heterocycles. The number of aromatic nitrogens is 2. The topological polar surface area (TPSA) is 99.3 Å². The number of aryl methyl sites for hydroxylation is 1. The fourth-order valence-corrected chi connectivity index (χ4v) is 4.14. The van der Waals surface area contributed by atoms with Gasteiger partial charge in [0.05, 0.1) is 5.92 Å². The van der Waals surface area contributed by atoms with E-state index in [0.717, 1.165) is 42.0 Å². The third kappa shape index (κ3) is 7.02. The van der Waals surface area contributed by atoms with Crippen LogP contribution in [0.1, 0.15) is 36.5 Å². The number of amides is 2. The number of nitrogens with zero attached hydrogens (tertiary/aromatic N) is 3. The minimum absolute atomic E-state index is 0.0666. The average molecular weight is 473 g/mol. The number of anilines is 3. The van der Waals surface area contributed by atoms with E-state index in [2.05, 4.69) is 44.9 Å². The Kier molecular flexibility index (Phi) is 7.92. The van der Waals surface area contributed by atoms with Crippen molar-refractivity contribution in [2.75, 3.05) is 23.3 Å². The van der Waals surface area contributed by atoms with Crippen LogP contribution in [0.3, 0.4) is 0 Å². The van der Waals surface area contributed by atoms with E-state index >= 15 is 0 Å². The molecule has 8 nitrogen and oxygen atoms in total. The van der Waals surface area contributed by atoms with Gasteiger partial charge in [-0.25, -0.2) is 4.98 Å². The third-order valence-electron chi connectivity index (χ3n) is 6.07. The van der Waals surface area contributed by atoms with Gasteiger partial charge in [0.25, 0.3) is 0 Å². The zero-order valence-corrected chi connectivity index (χ0v) is 20.3. The standard InChI is InChI=1S/C27H32N6O2/c1-19-8-10-21(11-9-19)16-30-26(35)23-6-4-14-33(18-23)25-12-13-28-27(32-25)31-24-7-3-5-22(15-24)17-29-20(2)34/h3,5,7-13,15,23H,4,6,14,16-18H2,1-2H3,(H,29,34)(H,30,35)(H,28,31,32)/t23-/m0/s1. The second-order valence-corrected chi connectivity index (χ2v) is 8.96. The maximum absolute atomic E-state index is 12.8. The van der Waals surface area contributed by atoms with Crippen LogP contribution in [-0.2, 0) is 22.7 Å². The Bertz CT molecular complexity index is 1160. The van der Waals surface area contributed by atoms with Gasteiger partial charge in [-0.05, 0) is 49.1 Å². The lowest BCUT2D eigenvalue weighted by atomic mass is 9.97. The molecular weight excluding hydrogens is 440 g/mol. The van der Waals surface area contributed by atoms with Crippen molar-refractivity contribution in [3.8, 4) is 0 Å². The number of hydrogen-bond acceptors (Lipinski definition) is 6. The minimum Gasteiger partial charge on any atom is -0.356 e. The first-order chi connectivity index (χ1) is 17.0. The van der Waals surface area contributed by atoms with E-state index in [1.807, 2.05) is 42.5 Å². The summed E-state index contributed by atoms with van der Waals surface area (Å²) in [4.78, 5) is 35.2. The van der Waals surface area contributed by atoms with Gasteiger partial charge in [0.1, 0.15) is 5.82 Å². The van der Waals surface area contributed by atoms with Crippen molar-refractivity contribution in [1.82, 2.24) is 20.6 Å². The van der Waals surface area contributed by atoms with E-state index in [1.54, 1.807) is 6.20 Å². The first-order valence-corrected chi connectivity index (χ1v) is 12.0. The van der Waals surface area contributed by atoms with E-state index in [-0.39, 0.29) is 17.7 Å². The van der Waals surface area contributed by atoms with Crippen molar-refractivity contribution in [2.45, 2.75) is 39.8 Å². The molecule has 3 aromatic rings. The molecule has 0 spiro atoms. The van der Waals surface area contributed by atoms with Crippen LogP contribution in [0.4, 0.5) is 17.5 Å². The molecule has 1 aromatic heterocycles. The highest BCUT2D eigenvalue weighted by Gasteiger charge is 2.26. The van der Waals surface area contributed by atoms with Crippen molar-refractivity contribution >= 4 is 29.3 Å². The fraction of sp³-hybridized carbons (Fsp3) is 0.333. The maximum atomic E-state index is 12.8. The lowest BCUT2D eigenvalue weighted by molar-refractivity contribution is -0.125. The molecule has 0 unspecified atom stereocenters. The van der Waals surface area contributed by atoms with Crippen LogP contribution in [-0.4, -0.2) is 34.9 Å². The number of carbonyl (C=O) groups is 2. The number of carbonyl (C=O) groups excluding carboxylic acids is 2. The van der Waals surface area contributed by atoms with Crippen LogP contribution in [0.15, 0.2) is 60.8 Å². The van der Waals surface area contributed by atoms with Crippen molar-refractivity contribution in [3.05, 3.63) is 77.5 Å². The predicted molar refractivity (Wildman–Crippen MR) is 137 cm³/mol. The van der Waals surface area contributed by atoms with Gasteiger partial charge in [0.2, 0.25) is 17.8 Å². The van der Waals surface area contributed by atoms with E-state index in [4.69, 9.17) is 4.98 Å². The van der Waals surface area contributed by atoms with Gasteiger partial charge in [0, 0.05) is 45.0 Å². The van der Waals surface area contributed by atoms with Crippen LogP contribution in [0, 0.1) is 12.8 Å². The van der Waals surface area contributed by atoms with E-state index in [9.17, 15) is 9.59 Å². The smallest absolute Gasteiger partial charge is 0.229 e. The van der Waals surface area contributed by atoms with Gasteiger partial charge in [-0.2, -0.15) is 4.98 Å². The monoisotopic (exact) mass is 472 g/mol. The van der Waals surface area contributed by atoms with Gasteiger partial charge in [-0.1, -0.05) is 42.0 Å². The summed E-state index contributed by atoms with van der Waals surface area (Å²) in [5, 5.41) is 9.14. The zero-order valence-electron chi connectivity index (χ0n) is 20.3. The van der Waals surface area contributed by atoms with Crippen molar-refractivity contribution in [2.24, 2.45) is 5.92 Å². The summed E-state index contributed by atoms with van der Waals surface area (Å²) >= 11 is 0. The summed E-state index contributed by atoms with van der Waals surface area (Å²) in [6.45, 7) is 6.04. The lowest BCUT2D eigenvalue weighted by Gasteiger charge is -2.33. The third-order valence-corrected chi connectivity index (χ3v) is 6.07. The first-order valence-electron chi connectivity index (χ1n) is 12.0. The molecule has 1 fully saturated rings. The highest BCUT2D eigenvalue weighted by atomic mass is 16.2. The molecule has 2 aromatic carbocycles. The van der Waals surface area contributed by atoms with E-state index in [1.165, 1.54) is 12.5 Å². The van der Waals surface area contributed by atoms with E-state index in [0.29, 0.717) is 25.6 Å². The Hall–Kier alpha value is -3.94. The molecule has 1 aliphatic rings. The van der Waals surface area contributed by atoms with Crippen molar-refractivity contribution < 1.29 is 9.59 Å². The summed E-state index contributed by atoms with van der Waals surface area (Å²) in [6, 6.07) is 17.9. The molecule has 0 radical (unpaired) electrons. The normalized spacial score (nSPS) is 15.4. The van der Waals surface area contributed by atoms with E-state index < -0.39 is 0 Å². The summed E-state index contributed by atoms with van der Waals surface area (Å²) in [5.41, 5.74) is 4.14. The molecule has 0 saturated carbocycles. The molecule has 1 atom stereocenters. The average Bonchev–Trinajstić information content (AvgIpc) is 2.87.